The second kappa shape index (κ2) is 7.93. The van der Waals surface area contributed by atoms with Crippen molar-refractivity contribution in [2.24, 2.45) is 0 Å². The van der Waals surface area contributed by atoms with Crippen LogP contribution in [-0.2, 0) is 14.4 Å². The molecule has 178 valence electrons. The van der Waals surface area contributed by atoms with E-state index in [0.29, 0.717) is 9.80 Å². The van der Waals surface area contributed by atoms with E-state index in [2.05, 4.69) is 5.43 Å². The fraction of sp³-hybridized carbons (Fsp3) is 0.136. The highest BCUT2D eigenvalue weighted by molar-refractivity contribution is 6.22. The van der Waals surface area contributed by atoms with Gasteiger partial charge in [0.1, 0.15) is 9.40 Å². The SMILES string of the molecule is CC(=O)N1C(=O)N(c2ccccc2)C(=O)[N+]1(C(C)=O)[N+]1(C(C)=O)NC(=O)N(c2ccccc2)C1=O. The van der Waals surface area contributed by atoms with Crippen LogP contribution in [0, 0.1) is 0 Å². The molecule has 2 saturated heterocycles. The van der Waals surface area contributed by atoms with E-state index < -0.39 is 51.2 Å². The summed E-state index contributed by atoms with van der Waals surface area (Å²) >= 11 is 0. The molecule has 13 heteroatoms. The zero-order chi connectivity index (χ0) is 25.7. The van der Waals surface area contributed by atoms with Gasteiger partial charge in [0.25, 0.3) is 5.91 Å². The highest BCUT2D eigenvalue weighted by Gasteiger charge is 2.85. The molecule has 4 rings (SSSR count). The Morgan fingerprint density at radius 3 is 1.60 bits per heavy atom. The molecule has 2 aromatic rings. The second-order valence-corrected chi connectivity index (χ2v) is 7.71. The van der Waals surface area contributed by atoms with Gasteiger partial charge in [0.15, 0.2) is 0 Å². The number of amides is 11. The minimum absolute atomic E-state index is 0.0189. The number of rotatable bonds is 2. The van der Waals surface area contributed by atoms with E-state index >= 15 is 0 Å². The average Bonchev–Trinajstić information content (AvgIpc) is 3.22. The maximum atomic E-state index is 14.0. The Balaban J connectivity index is 2.04. The Bertz CT molecular complexity index is 1310. The highest BCUT2D eigenvalue weighted by Crippen LogP contribution is 2.41. The minimum atomic E-state index is -2.08. The molecular weight excluding hydrogens is 460 g/mol. The van der Waals surface area contributed by atoms with Crippen molar-refractivity contribution in [2.75, 3.05) is 9.80 Å². The number of nitrogens with one attached hydrogen (secondary N) is 1. The van der Waals surface area contributed by atoms with Gasteiger partial charge in [0, 0.05) is 6.92 Å². The molecule has 0 aromatic heterocycles. The first-order chi connectivity index (χ1) is 16.5. The molecule has 2 aliphatic rings. The lowest BCUT2D eigenvalue weighted by Crippen LogP contribution is -2.85. The predicted molar refractivity (Wildman–Crippen MR) is 117 cm³/mol. The molecule has 0 spiro atoms. The molecule has 0 aliphatic carbocycles. The summed E-state index contributed by atoms with van der Waals surface area (Å²) in [4.78, 5) is 94.6. The summed E-state index contributed by atoms with van der Waals surface area (Å²) in [5, 5.41) is 0.200. The van der Waals surface area contributed by atoms with E-state index in [0.717, 1.165) is 20.8 Å². The Labute approximate surface area is 198 Å². The van der Waals surface area contributed by atoms with E-state index in [9.17, 15) is 33.6 Å². The molecule has 2 atom stereocenters. The van der Waals surface area contributed by atoms with Gasteiger partial charge < -0.3 is 0 Å². The van der Waals surface area contributed by atoms with Gasteiger partial charge in [0.05, 0.1) is 25.2 Å². The van der Waals surface area contributed by atoms with E-state index in [-0.39, 0.29) is 16.4 Å². The number of anilines is 2. The Hall–Kier alpha value is -4.75. The van der Waals surface area contributed by atoms with Gasteiger partial charge in [-0.25, -0.2) is 19.2 Å². The normalized spacial score (nSPS) is 24.1. The number of carbonyl (C=O) groups is 7. The molecule has 0 bridgehead atoms. The second-order valence-electron chi connectivity index (χ2n) is 7.71. The summed E-state index contributed by atoms with van der Waals surface area (Å²) in [5.41, 5.74) is 2.13. The third kappa shape index (κ3) is 2.85. The molecular formula is C22H20N6O7+2. The van der Waals surface area contributed by atoms with Crippen molar-refractivity contribution >= 4 is 53.2 Å². The summed E-state index contributed by atoms with van der Waals surface area (Å²) in [6, 6.07) is 9.64. The van der Waals surface area contributed by atoms with Crippen LogP contribution < -0.4 is 15.2 Å². The summed E-state index contributed by atoms with van der Waals surface area (Å²) in [5.74, 6) is -3.55. The topological polar surface area (TPSA) is 141 Å². The number of benzene rings is 2. The van der Waals surface area contributed by atoms with Gasteiger partial charge in [-0.1, -0.05) is 36.4 Å². The lowest BCUT2D eigenvalue weighted by Gasteiger charge is -2.37. The minimum Gasteiger partial charge on any atom is -0.269 e. The zero-order valence-corrected chi connectivity index (χ0v) is 18.9. The van der Waals surface area contributed by atoms with Crippen LogP contribution in [-0.4, -0.2) is 56.3 Å². The number of hydrogen-bond acceptors (Lipinski definition) is 7. The first-order valence-corrected chi connectivity index (χ1v) is 10.3. The van der Waals surface area contributed by atoms with Crippen LogP contribution in [0.15, 0.2) is 60.7 Å². The smallest absolute Gasteiger partial charge is 0.269 e. The quantitative estimate of drug-likeness (QED) is 0.651. The predicted octanol–water partition coefficient (Wildman–Crippen LogP) is 2.42. The van der Waals surface area contributed by atoms with E-state index in [1.807, 2.05) is 0 Å². The van der Waals surface area contributed by atoms with Crippen LogP contribution >= 0.6 is 0 Å². The van der Waals surface area contributed by atoms with Crippen molar-refractivity contribution in [2.45, 2.75) is 20.8 Å². The maximum Gasteiger partial charge on any atom is 0.518 e. The fourth-order valence-electron chi connectivity index (χ4n) is 4.30. The van der Waals surface area contributed by atoms with Crippen molar-refractivity contribution in [1.29, 1.82) is 0 Å². The van der Waals surface area contributed by atoms with Crippen molar-refractivity contribution in [1.82, 2.24) is 10.4 Å². The van der Waals surface area contributed by atoms with Gasteiger partial charge >= 0.3 is 35.9 Å². The van der Waals surface area contributed by atoms with Gasteiger partial charge in [-0.3, -0.25) is 4.79 Å². The van der Waals surface area contributed by atoms with Crippen LogP contribution in [0.3, 0.4) is 0 Å². The lowest BCUT2D eigenvalue weighted by molar-refractivity contribution is -1.40. The third-order valence-corrected chi connectivity index (χ3v) is 5.70. The molecule has 0 saturated carbocycles. The first kappa shape index (κ1) is 23.4. The molecule has 2 heterocycles. The summed E-state index contributed by atoms with van der Waals surface area (Å²) in [6.45, 7) is 2.59. The van der Waals surface area contributed by atoms with Gasteiger partial charge in [-0.05, 0) is 29.3 Å². The molecule has 1 N–H and O–H groups in total. The Morgan fingerprint density at radius 2 is 1.17 bits per heavy atom. The summed E-state index contributed by atoms with van der Waals surface area (Å²) in [6.07, 6.45) is 0. The third-order valence-electron chi connectivity index (χ3n) is 5.70. The maximum absolute atomic E-state index is 14.0. The number of para-hydroxylation sites is 2. The molecule has 11 amide bonds. The molecule has 13 nitrogen and oxygen atoms in total. The lowest BCUT2D eigenvalue weighted by atomic mass is 10.3. The van der Waals surface area contributed by atoms with E-state index in [1.54, 1.807) is 12.1 Å². The average molecular weight is 480 g/mol. The number of urea groups is 4. The summed E-state index contributed by atoms with van der Waals surface area (Å²) in [7, 11) is 0. The summed E-state index contributed by atoms with van der Waals surface area (Å²) < 4.78 is -4.08. The van der Waals surface area contributed by atoms with Crippen molar-refractivity contribution in [3.8, 4) is 0 Å². The Morgan fingerprint density at radius 1 is 0.686 bits per heavy atom. The van der Waals surface area contributed by atoms with E-state index in [4.69, 9.17) is 0 Å². The van der Waals surface area contributed by atoms with E-state index in [1.165, 1.54) is 48.5 Å². The molecule has 2 fully saturated rings. The first-order valence-electron chi connectivity index (χ1n) is 10.3. The number of hydrogen-bond donors (Lipinski definition) is 1. The largest absolute Gasteiger partial charge is 0.518 e. The highest BCUT2D eigenvalue weighted by atomic mass is 16.4. The zero-order valence-electron chi connectivity index (χ0n) is 18.9. The van der Waals surface area contributed by atoms with Crippen molar-refractivity contribution in [3.05, 3.63) is 60.7 Å². The molecule has 2 aliphatic heterocycles. The standard InChI is InChI=1S/C22H19N6O7/c1-14(29)26-20(33)25(18-12-8-5-9-13-18)22(35)28(26,16(3)31)27(15(2)30)21(34)24(19(32)23-27)17-10-6-4-7-11-17/h4-13H,1-3H3/q+1/p+1. The van der Waals surface area contributed by atoms with Gasteiger partial charge in [0.2, 0.25) is 0 Å². The van der Waals surface area contributed by atoms with Crippen LogP contribution in [0.1, 0.15) is 20.8 Å². The number of carbonyl (C=O) groups excluding carboxylic acids is 7. The van der Waals surface area contributed by atoms with Crippen LogP contribution in [0.25, 0.3) is 0 Å². The Kier molecular flexibility index (Phi) is 5.31. The van der Waals surface area contributed by atoms with Gasteiger partial charge in [-0.15, -0.1) is 5.43 Å². The molecule has 35 heavy (non-hydrogen) atoms. The van der Waals surface area contributed by atoms with Gasteiger partial charge in [-0.2, -0.15) is 19.4 Å². The van der Waals surface area contributed by atoms with Crippen molar-refractivity contribution < 1.29 is 43.0 Å². The number of nitrogens with zero attached hydrogens (tertiary/aromatic N) is 5. The number of quaternary nitrogens is 2. The fourth-order valence-corrected chi connectivity index (χ4v) is 4.30. The monoisotopic (exact) mass is 480 g/mol. The van der Waals surface area contributed by atoms with Crippen LogP contribution in [0.2, 0.25) is 0 Å². The molecule has 2 unspecified atom stereocenters. The molecule has 2 aromatic carbocycles. The van der Waals surface area contributed by atoms with Crippen LogP contribution in [0.4, 0.5) is 30.6 Å². The van der Waals surface area contributed by atoms with Crippen LogP contribution in [0.5, 0.6) is 0 Å². The number of imide groups is 5. The molecule has 0 radical (unpaired) electrons. The van der Waals surface area contributed by atoms with Crippen molar-refractivity contribution in [3.63, 3.8) is 0 Å².